The Morgan fingerprint density at radius 3 is 2.85 bits per heavy atom. The molecule has 1 rings (SSSR count). The maximum Gasteiger partial charge on any atom is 0.276 e. The Morgan fingerprint density at radius 1 is 1.62 bits per heavy atom. The molecule has 5 nitrogen and oxygen atoms in total. The highest BCUT2D eigenvalue weighted by atomic mass is 32.2. The molecule has 0 aromatic rings. The van der Waals surface area contributed by atoms with Gasteiger partial charge in [0.2, 0.25) is 0 Å². The van der Waals surface area contributed by atoms with Crippen LogP contribution in [0, 0.1) is 0 Å². The molecule has 0 aromatic carbocycles. The van der Waals surface area contributed by atoms with E-state index in [9.17, 15) is 8.42 Å². The van der Waals surface area contributed by atoms with Gasteiger partial charge in [0.25, 0.3) is 10.2 Å². The van der Waals surface area contributed by atoms with E-state index in [4.69, 9.17) is 9.88 Å². The summed E-state index contributed by atoms with van der Waals surface area (Å²) in [4.78, 5) is 0. The van der Waals surface area contributed by atoms with E-state index >= 15 is 0 Å². The topological polar surface area (TPSA) is 72.6 Å². The molecule has 1 unspecified atom stereocenters. The van der Waals surface area contributed by atoms with Gasteiger partial charge in [0.15, 0.2) is 0 Å². The van der Waals surface area contributed by atoms with Crippen molar-refractivity contribution in [1.29, 1.82) is 0 Å². The van der Waals surface area contributed by atoms with Gasteiger partial charge in [-0.05, 0) is 19.8 Å². The number of piperidine rings is 1. The third-order valence-corrected chi connectivity index (χ3v) is 3.15. The Labute approximate surface area is 79.0 Å². The summed E-state index contributed by atoms with van der Waals surface area (Å²) in [5.74, 6) is 0. The third kappa shape index (κ3) is 3.22. The predicted octanol–water partition coefficient (Wildman–Crippen LogP) is -0.309. The molecule has 0 spiro atoms. The zero-order chi connectivity index (χ0) is 9.90. The molecule has 1 heterocycles. The Morgan fingerprint density at radius 2 is 2.31 bits per heavy atom. The minimum atomic E-state index is -3.52. The maximum atomic E-state index is 11.0. The lowest BCUT2D eigenvalue weighted by Gasteiger charge is -2.30. The van der Waals surface area contributed by atoms with Gasteiger partial charge in [-0.15, -0.1) is 0 Å². The van der Waals surface area contributed by atoms with Gasteiger partial charge in [-0.1, -0.05) is 0 Å². The van der Waals surface area contributed by atoms with Crippen molar-refractivity contribution in [1.82, 2.24) is 4.31 Å². The van der Waals surface area contributed by atoms with E-state index in [0.717, 1.165) is 12.8 Å². The van der Waals surface area contributed by atoms with Crippen molar-refractivity contribution in [2.75, 3.05) is 19.7 Å². The molecule has 1 aliphatic rings. The Kier molecular flexibility index (Phi) is 3.66. The van der Waals surface area contributed by atoms with Crippen LogP contribution in [-0.2, 0) is 14.9 Å². The van der Waals surface area contributed by atoms with E-state index in [1.165, 1.54) is 4.31 Å². The summed E-state index contributed by atoms with van der Waals surface area (Å²) in [5, 5.41) is 5.01. The Balaban J connectivity index is 2.52. The molecular weight excluding hydrogens is 192 g/mol. The first-order valence-electron chi connectivity index (χ1n) is 4.43. The fourth-order valence-electron chi connectivity index (χ4n) is 1.51. The van der Waals surface area contributed by atoms with Crippen molar-refractivity contribution in [2.24, 2.45) is 5.14 Å². The SMILES string of the molecule is CCOC1CCCN(S(N)(=O)=O)C1. The molecule has 0 aromatic heterocycles. The zero-order valence-corrected chi connectivity index (χ0v) is 8.59. The summed E-state index contributed by atoms with van der Waals surface area (Å²) in [5.41, 5.74) is 0. The molecule has 1 aliphatic heterocycles. The first kappa shape index (κ1) is 10.9. The van der Waals surface area contributed by atoms with Crippen LogP contribution in [0.15, 0.2) is 0 Å². The van der Waals surface area contributed by atoms with Crippen molar-refractivity contribution >= 4 is 10.2 Å². The van der Waals surface area contributed by atoms with Crippen molar-refractivity contribution in [3.05, 3.63) is 0 Å². The highest BCUT2D eigenvalue weighted by molar-refractivity contribution is 7.86. The van der Waals surface area contributed by atoms with E-state index in [0.29, 0.717) is 19.7 Å². The number of nitrogens with zero attached hydrogens (tertiary/aromatic N) is 1. The minimum absolute atomic E-state index is 0.0112. The van der Waals surface area contributed by atoms with Crippen LogP contribution < -0.4 is 5.14 Å². The predicted molar refractivity (Wildman–Crippen MR) is 49.3 cm³/mol. The summed E-state index contributed by atoms with van der Waals surface area (Å²) >= 11 is 0. The quantitative estimate of drug-likeness (QED) is 0.691. The zero-order valence-electron chi connectivity index (χ0n) is 7.77. The second kappa shape index (κ2) is 4.36. The van der Waals surface area contributed by atoms with Crippen LogP contribution in [0.2, 0.25) is 0 Å². The van der Waals surface area contributed by atoms with Crippen LogP contribution in [-0.4, -0.2) is 38.5 Å². The van der Waals surface area contributed by atoms with Gasteiger partial charge in [0.05, 0.1) is 6.10 Å². The van der Waals surface area contributed by atoms with E-state index in [1.54, 1.807) is 0 Å². The molecular formula is C7H16N2O3S. The van der Waals surface area contributed by atoms with E-state index in [2.05, 4.69) is 0 Å². The van der Waals surface area contributed by atoms with E-state index in [1.807, 2.05) is 6.92 Å². The monoisotopic (exact) mass is 208 g/mol. The summed E-state index contributed by atoms with van der Waals surface area (Å²) in [6.07, 6.45) is 1.75. The van der Waals surface area contributed by atoms with Crippen molar-refractivity contribution in [3.8, 4) is 0 Å². The fraction of sp³-hybridized carbons (Fsp3) is 1.00. The number of nitrogens with two attached hydrogens (primary N) is 1. The lowest BCUT2D eigenvalue weighted by atomic mass is 10.1. The molecule has 0 radical (unpaired) electrons. The van der Waals surface area contributed by atoms with Gasteiger partial charge < -0.3 is 4.74 Å². The number of hydrogen-bond acceptors (Lipinski definition) is 3. The van der Waals surface area contributed by atoms with Crippen LogP contribution >= 0.6 is 0 Å². The lowest BCUT2D eigenvalue weighted by molar-refractivity contribution is 0.0265. The first-order chi connectivity index (χ1) is 6.04. The number of rotatable bonds is 3. The molecule has 1 saturated heterocycles. The Hall–Kier alpha value is -0.170. The average Bonchev–Trinajstić information content (AvgIpc) is 2.04. The standard InChI is InChI=1S/C7H16N2O3S/c1-2-12-7-4-3-5-9(6-7)13(8,10)11/h7H,2-6H2,1H3,(H2,8,10,11). The second-order valence-electron chi connectivity index (χ2n) is 3.12. The number of hydrogen-bond donors (Lipinski definition) is 1. The smallest absolute Gasteiger partial charge is 0.276 e. The molecule has 13 heavy (non-hydrogen) atoms. The summed E-state index contributed by atoms with van der Waals surface area (Å²) in [7, 11) is -3.52. The lowest BCUT2D eigenvalue weighted by Crippen LogP contribution is -2.46. The van der Waals surface area contributed by atoms with Crippen LogP contribution in [0.4, 0.5) is 0 Å². The van der Waals surface area contributed by atoms with Crippen LogP contribution in [0.1, 0.15) is 19.8 Å². The molecule has 0 saturated carbocycles. The normalized spacial score (nSPS) is 26.2. The number of ether oxygens (including phenoxy) is 1. The summed E-state index contributed by atoms with van der Waals surface area (Å²) in [6.45, 7) is 3.42. The van der Waals surface area contributed by atoms with Gasteiger partial charge >= 0.3 is 0 Å². The van der Waals surface area contributed by atoms with Crippen molar-refractivity contribution < 1.29 is 13.2 Å². The fourth-order valence-corrected chi connectivity index (χ4v) is 2.27. The largest absolute Gasteiger partial charge is 0.377 e. The van der Waals surface area contributed by atoms with Gasteiger partial charge in [-0.25, -0.2) is 5.14 Å². The highest BCUT2D eigenvalue weighted by Gasteiger charge is 2.26. The second-order valence-corrected chi connectivity index (χ2v) is 4.67. The van der Waals surface area contributed by atoms with Gasteiger partial charge in [0, 0.05) is 19.7 Å². The molecule has 0 amide bonds. The molecule has 6 heteroatoms. The molecule has 0 bridgehead atoms. The molecule has 1 fully saturated rings. The van der Waals surface area contributed by atoms with Crippen LogP contribution in [0.5, 0.6) is 0 Å². The van der Waals surface area contributed by atoms with Crippen LogP contribution in [0.25, 0.3) is 0 Å². The van der Waals surface area contributed by atoms with Gasteiger partial charge in [-0.2, -0.15) is 12.7 Å². The van der Waals surface area contributed by atoms with E-state index < -0.39 is 10.2 Å². The van der Waals surface area contributed by atoms with Crippen molar-refractivity contribution in [3.63, 3.8) is 0 Å². The van der Waals surface area contributed by atoms with Crippen molar-refractivity contribution in [2.45, 2.75) is 25.9 Å². The minimum Gasteiger partial charge on any atom is -0.377 e. The molecule has 0 aliphatic carbocycles. The average molecular weight is 208 g/mol. The van der Waals surface area contributed by atoms with Gasteiger partial charge in [-0.3, -0.25) is 0 Å². The van der Waals surface area contributed by atoms with Crippen LogP contribution in [0.3, 0.4) is 0 Å². The molecule has 1 atom stereocenters. The summed E-state index contributed by atoms with van der Waals surface area (Å²) < 4.78 is 28.6. The van der Waals surface area contributed by atoms with E-state index in [-0.39, 0.29) is 6.10 Å². The first-order valence-corrected chi connectivity index (χ1v) is 5.94. The molecule has 78 valence electrons. The maximum absolute atomic E-state index is 11.0. The molecule has 2 N–H and O–H groups in total. The highest BCUT2D eigenvalue weighted by Crippen LogP contribution is 2.14. The summed E-state index contributed by atoms with van der Waals surface area (Å²) in [6, 6.07) is 0. The van der Waals surface area contributed by atoms with Gasteiger partial charge in [0.1, 0.15) is 0 Å². The Bertz CT molecular complexity index is 250. The third-order valence-electron chi connectivity index (χ3n) is 2.10.